The molecule has 0 aliphatic carbocycles. The molecule has 1 rings (SSSR count). The number of carboxylic acids is 1. The molecule has 1 heterocycles. The molecule has 0 saturated heterocycles. The van der Waals surface area contributed by atoms with Crippen LogP contribution in [0.15, 0.2) is 6.07 Å². The first-order valence-electron chi connectivity index (χ1n) is 3.31. The zero-order valence-corrected chi connectivity index (χ0v) is 7.23. The van der Waals surface area contributed by atoms with Crippen molar-refractivity contribution in [3.63, 3.8) is 0 Å². The first kappa shape index (κ1) is 10.8. The lowest BCUT2D eigenvalue weighted by Crippen LogP contribution is -2.07. The summed E-state index contributed by atoms with van der Waals surface area (Å²) in [6, 6.07) is 0.416. The summed E-state index contributed by atoms with van der Waals surface area (Å²) < 4.78 is 37.1. The highest BCUT2D eigenvalue weighted by molar-refractivity contribution is 6.29. The van der Waals surface area contributed by atoms with Crippen LogP contribution < -0.4 is 0 Å². The molecule has 0 aliphatic heterocycles. The van der Waals surface area contributed by atoms with Crippen molar-refractivity contribution in [1.29, 1.82) is 0 Å². The summed E-state index contributed by atoms with van der Waals surface area (Å²) in [6.07, 6.45) is -3.11. The number of aromatic carboxylic acids is 1. The lowest BCUT2D eigenvalue weighted by molar-refractivity contribution is 0.0681. The van der Waals surface area contributed by atoms with Gasteiger partial charge in [-0.2, -0.15) is 0 Å². The Bertz CT molecular complexity index is 383. The summed E-state index contributed by atoms with van der Waals surface area (Å²) in [4.78, 5) is 13.4. The lowest BCUT2D eigenvalue weighted by Gasteiger charge is -2.04. The molecule has 0 unspecified atom stereocenters. The van der Waals surface area contributed by atoms with Crippen LogP contribution in [-0.2, 0) is 0 Å². The Morgan fingerprint density at radius 2 is 2.14 bits per heavy atom. The third-order valence-electron chi connectivity index (χ3n) is 1.40. The van der Waals surface area contributed by atoms with Crippen LogP contribution in [0.5, 0.6) is 0 Å². The van der Waals surface area contributed by atoms with Crippen molar-refractivity contribution < 1.29 is 23.1 Å². The normalized spacial score (nSPS) is 10.6. The number of halogens is 4. The predicted molar refractivity (Wildman–Crippen MR) is 41.1 cm³/mol. The first-order chi connectivity index (χ1) is 6.43. The van der Waals surface area contributed by atoms with Crippen molar-refractivity contribution in [1.82, 2.24) is 4.98 Å². The minimum atomic E-state index is -3.11. The van der Waals surface area contributed by atoms with Gasteiger partial charge in [-0.25, -0.2) is 22.9 Å². The van der Waals surface area contributed by atoms with Crippen molar-refractivity contribution in [3.8, 4) is 0 Å². The number of pyridine rings is 1. The molecule has 76 valence electrons. The molecule has 1 aromatic heterocycles. The molecule has 7 heteroatoms. The van der Waals surface area contributed by atoms with Gasteiger partial charge < -0.3 is 5.11 Å². The largest absolute Gasteiger partial charge is 0.478 e. The van der Waals surface area contributed by atoms with Gasteiger partial charge in [0.25, 0.3) is 6.43 Å². The number of carbonyl (C=O) groups is 1. The van der Waals surface area contributed by atoms with Crippen molar-refractivity contribution in [2.75, 3.05) is 0 Å². The van der Waals surface area contributed by atoms with Gasteiger partial charge in [0, 0.05) is 0 Å². The zero-order valence-electron chi connectivity index (χ0n) is 6.47. The average Bonchev–Trinajstić information content (AvgIpc) is 2.08. The van der Waals surface area contributed by atoms with Crippen molar-refractivity contribution in [2.24, 2.45) is 0 Å². The van der Waals surface area contributed by atoms with Crippen LogP contribution in [0, 0.1) is 5.82 Å². The molecule has 0 aliphatic rings. The topological polar surface area (TPSA) is 50.2 Å². The maximum absolute atomic E-state index is 12.7. The number of aromatic nitrogens is 1. The number of alkyl halides is 2. The number of nitrogens with zero attached hydrogens (tertiary/aromatic N) is 1. The maximum atomic E-state index is 12.7. The molecule has 0 bridgehead atoms. The standard InChI is InChI=1S/C7H3ClF3NO2/c8-5-3(9)1-2(7(13)14)4(12-5)6(10)11/h1,6H,(H,13,14). The van der Waals surface area contributed by atoms with Gasteiger partial charge in [-0.15, -0.1) is 0 Å². The van der Waals surface area contributed by atoms with Crippen LogP contribution in [0.25, 0.3) is 0 Å². The van der Waals surface area contributed by atoms with Gasteiger partial charge in [-0.1, -0.05) is 11.6 Å². The van der Waals surface area contributed by atoms with Gasteiger partial charge in [-0.05, 0) is 6.07 Å². The summed E-state index contributed by atoms with van der Waals surface area (Å²) in [5.41, 5.74) is -1.93. The van der Waals surface area contributed by atoms with E-state index in [-0.39, 0.29) is 0 Å². The van der Waals surface area contributed by atoms with E-state index in [1.807, 2.05) is 0 Å². The third-order valence-corrected chi connectivity index (χ3v) is 1.66. The van der Waals surface area contributed by atoms with E-state index < -0.39 is 34.6 Å². The van der Waals surface area contributed by atoms with Crippen LogP contribution >= 0.6 is 11.6 Å². The molecule has 0 aromatic carbocycles. The van der Waals surface area contributed by atoms with E-state index in [1.165, 1.54) is 0 Å². The second kappa shape index (κ2) is 3.83. The molecular formula is C7H3ClF3NO2. The molecule has 1 N–H and O–H groups in total. The number of carboxylic acid groups (broad SMARTS) is 1. The SMILES string of the molecule is O=C(O)c1cc(F)c(Cl)nc1C(F)F. The summed E-state index contributed by atoms with van der Waals surface area (Å²) >= 11 is 5.12. The van der Waals surface area contributed by atoms with Gasteiger partial charge >= 0.3 is 5.97 Å². The maximum Gasteiger partial charge on any atom is 0.337 e. The molecular weight excluding hydrogens is 223 g/mol. The smallest absolute Gasteiger partial charge is 0.337 e. The summed E-state index contributed by atoms with van der Waals surface area (Å²) in [5.74, 6) is -2.82. The van der Waals surface area contributed by atoms with E-state index in [9.17, 15) is 18.0 Å². The molecule has 3 nitrogen and oxygen atoms in total. The Balaban J connectivity index is 3.39. The molecule has 0 saturated carbocycles. The van der Waals surface area contributed by atoms with Crippen LogP contribution in [0.2, 0.25) is 5.15 Å². The first-order valence-corrected chi connectivity index (χ1v) is 3.68. The fraction of sp³-hybridized carbons (Fsp3) is 0.143. The van der Waals surface area contributed by atoms with E-state index in [1.54, 1.807) is 0 Å². The molecule has 14 heavy (non-hydrogen) atoms. The molecule has 0 atom stereocenters. The van der Waals surface area contributed by atoms with Gasteiger partial charge in [0.1, 0.15) is 5.69 Å². The quantitative estimate of drug-likeness (QED) is 0.787. The minimum Gasteiger partial charge on any atom is -0.478 e. The Morgan fingerprint density at radius 3 is 2.57 bits per heavy atom. The molecule has 0 amide bonds. The van der Waals surface area contributed by atoms with Gasteiger partial charge in [-0.3, -0.25) is 0 Å². The number of rotatable bonds is 2. The molecule has 1 aromatic rings. The Morgan fingerprint density at radius 1 is 1.57 bits per heavy atom. The van der Waals surface area contributed by atoms with Crippen LogP contribution in [-0.4, -0.2) is 16.1 Å². The van der Waals surface area contributed by atoms with E-state index >= 15 is 0 Å². The highest BCUT2D eigenvalue weighted by Crippen LogP contribution is 2.24. The van der Waals surface area contributed by atoms with E-state index in [0.29, 0.717) is 6.07 Å². The second-order valence-corrected chi connectivity index (χ2v) is 2.66. The fourth-order valence-electron chi connectivity index (χ4n) is 0.817. The van der Waals surface area contributed by atoms with Crippen LogP contribution in [0.1, 0.15) is 22.5 Å². The summed E-state index contributed by atoms with van der Waals surface area (Å²) in [6.45, 7) is 0. The fourth-order valence-corrected chi connectivity index (χ4v) is 0.963. The van der Waals surface area contributed by atoms with E-state index in [0.717, 1.165) is 0 Å². The zero-order chi connectivity index (χ0) is 10.9. The van der Waals surface area contributed by atoms with E-state index in [2.05, 4.69) is 4.98 Å². The minimum absolute atomic E-state index is 0.416. The van der Waals surface area contributed by atoms with E-state index in [4.69, 9.17) is 16.7 Å². The number of hydrogen-bond acceptors (Lipinski definition) is 2. The van der Waals surface area contributed by atoms with Crippen LogP contribution in [0.4, 0.5) is 13.2 Å². The highest BCUT2D eigenvalue weighted by atomic mass is 35.5. The van der Waals surface area contributed by atoms with Gasteiger partial charge in [0.05, 0.1) is 5.56 Å². The highest BCUT2D eigenvalue weighted by Gasteiger charge is 2.22. The van der Waals surface area contributed by atoms with Gasteiger partial charge in [0.15, 0.2) is 11.0 Å². The third kappa shape index (κ3) is 1.95. The Kier molecular flexibility index (Phi) is 2.95. The molecule has 0 fully saturated rings. The van der Waals surface area contributed by atoms with Gasteiger partial charge in [0.2, 0.25) is 0 Å². The Labute approximate surface area is 81.1 Å². The van der Waals surface area contributed by atoms with Crippen LogP contribution in [0.3, 0.4) is 0 Å². The van der Waals surface area contributed by atoms with Crippen molar-refractivity contribution in [3.05, 3.63) is 28.3 Å². The Hall–Kier alpha value is -1.30. The molecule has 0 spiro atoms. The number of hydrogen-bond donors (Lipinski definition) is 1. The monoisotopic (exact) mass is 225 g/mol. The second-order valence-electron chi connectivity index (χ2n) is 2.30. The summed E-state index contributed by atoms with van der Waals surface area (Å²) in [5, 5.41) is 7.67. The molecule has 0 radical (unpaired) electrons. The van der Waals surface area contributed by atoms with Crippen molar-refractivity contribution in [2.45, 2.75) is 6.43 Å². The predicted octanol–water partition coefficient (Wildman–Crippen LogP) is 2.51. The summed E-state index contributed by atoms with van der Waals surface area (Å²) in [7, 11) is 0. The average molecular weight is 226 g/mol. The van der Waals surface area contributed by atoms with Crippen molar-refractivity contribution >= 4 is 17.6 Å². The lowest BCUT2D eigenvalue weighted by atomic mass is 10.2.